The quantitative estimate of drug-likeness (QED) is 0.167. The second-order valence-electron chi connectivity index (χ2n) is 14.5. The normalized spacial score (nSPS) is 12.9. The highest BCUT2D eigenvalue weighted by atomic mass is 32.1. The first-order chi connectivity index (χ1) is 26.1. The van der Waals surface area contributed by atoms with Crippen molar-refractivity contribution >= 4 is 48.6 Å². The number of fused-ring (bicyclic) bond motifs is 6. The van der Waals surface area contributed by atoms with Crippen LogP contribution in [0, 0.1) is 0 Å². The van der Waals surface area contributed by atoms with E-state index in [2.05, 4.69) is 207 Å². The Morgan fingerprint density at radius 1 is 0.415 bits per heavy atom. The highest BCUT2D eigenvalue weighted by Crippen LogP contribution is 2.56. The van der Waals surface area contributed by atoms with Crippen LogP contribution in [0.4, 0.5) is 17.1 Å². The van der Waals surface area contributed by atoms with Gasteiger partial charge in [-0.25, -0.2) is 0 Å². The highest BCUT2D eigenvalue weighted by molar-refractivity contribution is 7.25. The first-order valence-corrected chi connectivity index (χ1v) is 19.2. The largest absolute Gasteiger partial charge is 0.309 e. The van der Waals surface area contributed by atoms with Crippen LogP contribution in [-0.2, 0) is 5.41 Å². The van der Waals surface area contributed by atoms with Crippen molar-refractivity contribution in [2.45, 2.75) is 19.3 Å². The van der Waals surface area contributed by atoms with Gasteiger partial charge in [-0.2, -0.15) is 0 Å². The summed E-state index contributed by atoms with van der Waals surface area (Å²) in [6.45, 7) is 4.78. The number of rotatable bonds is 6. The second kappa shape index (κ2) is 12.5. The number of thiophene rings is 1. The zero-order valence-electron chi connectivity index (χ0n) is 29.8. The molecule has 1 aromatic heterocycles. The summed E-state index contributed by atoms with van der Waals surface area (Å²) in [5.74, 6) is 0. The van der Waals surface area contributed by atoms with Crippen molar-refractivity contribution in [2.75, 3.05) is 4.90 Å². The van der Waals surface area contributed by atoms with E-state index in [1.807, 2.05) is 11.3 Å². The van der Waals surface area contributed by atoms with E-state index in [1.54, 1.807) is 0 Å². The van der Waals surface area contributed by atoms with E-state index in [0.29, 0.717) is 0 Å². The van der Waals surface area contributed by atoms with Crippen LogP contribution in [0.5, 0.6) is 0 Å². The van der Waals surface area contributed by atoms with Gasteiger partial charge in [-0.3, -0.25) is 0 Å². The fourth-order valence-electron chi connectivity index (χ4n) is 8.70. The number of hydrogen-bond donors (Lipinski definition) is 0. The number of anilines is 3. The summed E-state index contributed by atoms with van der Waals surface area (Å²) in [4.78, 5) is 2.56. The SMILES string of the molecule is CC1(C)c2ccccc2-c2cccc(N(c3ccc4sc5ccccc5c4c3)c3cccc(-c4ccccc4)c3-c3ccccc3-c3ccccc3)c21. The third-order valence-corrected chi connectivity index (χ3v) is 12.2. The molecule has 0 saturated carbocycles. The van der Waals surface area contributed by atoms with E-state index in [4.69, 9.17) is 0 Å². The zero-order chi connectivity index (χ0) is 35.5. The van der Waals surface area contributed by atoms with Crippen LogP contribution in [0.2, 0.25) is 0 Å². The minimum absolute atomic E-state index is 0.209. The van der Waals surface area contributed by atoms with E-state index in [1.165, 1.54) is 81.5 Å². The van der Waals surface area contributed by atoms with Crippen molar-refractivity contribution < 1.29 is 0 Å². The summed E-state index contributed by atoms with van der Waals surface area (Å²) in [5.41, 5.74) is 15.8. The Labute approximate surface area is 315 Å². The Kier molecular flexibility index (Phi) is 7.42. The predicted molar refractivity (Wildman–Crippen MR) is 228 cm³/mol. The van der Waals surface area contributed by atoms with Gasteiger partial charge in [0.25, 0.3) is 0 Å². The van der Waals surface area contributed by atoms with Crippen molar-refractivity contribution in [1.29, 1.82) is 0 Å². The lowest BCUT2D eigenvalue weighted by Crippen LogP contribution is -2.21. The van der Waals surface area contributed by atoms with E-state index in [9.17, 15) is 0 Å². The topological polar surface area (TPSA) is 3.24 Å². The molecule has 0 spiro atoms. The molecule has 2 heteroatoms. The maximum atomic E-state index is 2.56. The van der Waals surface area contributed by atoms with Gasteiger partial charge in [-0.05, 0) is 86.5 Å². The third-order valence-electron chi connectivity index (χ3n) is 11.1. The Balaban J connectivity index is 1.33. The minimum atomic E-state index is -0.209. The number of benzene rings is 8. The van der Waals surface area contributed by atoms with Crippen LogP contribution >= 0.6 is 11.3 Å². The predicted octanol–water partition coefficient (Wildman–Crippen LogP) is 14.8. The van der Waals surface area contributed by atoms with Crippen LogP contribution in [0.1, 0.15) is 25.0 Å². The van der Waals surface area contributed by atoms with Gasteiger partial charge < -0.3 is 4.90 Å². The summed E-state index contributed by atoms with van der Waals surface area (Å²) >= 11 is 1.87. The summed E-state index contributed by atoms with van der Waals surface area (Å²) in [7, 11) is 0. The fourth-order valence-corrected chi connectivity index (χ4v) is 9.79. The summed E-state index contributed by atoms with van der Waals surface area (Å²) < 4.78 is 2.61. The van der Waals surface area contributed by atoms with Gasteiger partial charge in [0.05, 0.1) is 11.4 Å². The molecule has 0 bridgehead atoms. The lowest BCUT2D eigenvalue weighted by Gasteiger charge is -2.34. The molecule has 0 aliphatic heterocycles. The van der Waals surface area contributed by atoms with Crippen molar-refractivity contribution in [1.82, 2.24) is 0 Å². The Hall–Kier alpha value is -6.22. The van der Waals surface area contributed by atoms with Gasteiger partial charge in [-0.15, -0.1) is 11.3 Å². The minimum Gasteiger partial charge on any atom is -0.309 e. The zero-order valence-corrected chi connectivity index (χ0v) is 30.6. The second-order valence-corrected chi connectivity index (χ2v) is 15.5. The molecule has 53 heavy (non-hydrogen) atoms. The summed E-state index contributed by atoms with van der Waals surface area (Å²) in [6, 6.07) is 69.2. The van der Waals surface area contributed by atoms with Gasteiger partial charge >= 0.3 is 0 Å². The monoisotopic (exact) mass is 695 g/mol. The smallest absolute Gasteiger partial charge is 0.0546 e. The molecule has 1 heterocycles. The van der Waals surface area contributed by atoms with Gasteiger partial charge in [0.15, 0.2) is 0 Å². The van der Waals surface area contributed by atoms with E-state index in [0.717, 1.165) is 11.4 Å². The molecule has 0 N–H and O–H groups in total. The summed E-state index contributed by atoms with van der Waals surface area (Å²) in [5, 5.41) is 2.58. The molecular weight excluding hydrogens is 659 g/mol. The highest BCUT2D eigenvalue weighted by Gasteiger charge is 2.39. The first kappa shape index (κ1) is 31.5. The molecule has 0 unspecified atom stereocenters. The lowest BCUT2D eigenvalue weighted by atomic mass is 9.81. The molecule has 1 aliphatic carbocycles. The maximum Gasteiger partial charge on any atom is 0.0546 e. The van der Waals surface area contributed by atoms with E-state index < -0.39 is 0 Å². The van der Waals surface area contributed by atoms with E-state index in [-0.39, 0.29) is 5.41 Å². The van der Waals surface area contributed by atoms with Crippen LogP contribution in [0.15, 0.2) is 188 Å². The fraction of sp³-hybridized carbons (Fsp3) is 0.0588. The third kappa shape index (κ3) is 5.05. The van der Waals surface area contributed by atoms with Gasteiger partial charge in [0.1, 0.15) is 0 Å². The lowest BCUT2D eigenvalue weighted by molar-refractivity contribution is 0.661. The molecule has 1 aliphatic rings. The van der Waals surface area contributed by atoms with Crippen molar-refractivity contribution in [3.8, 4) is 44.5 Å². The van der Waals surface area contributed by atoms with Crippen LogP contribution < -0.4 is 4.90 Å². The molecule has 10 rings (SSSR count). The average molecular weight is 696 g/mol. The average Bonchev–Trinajstić information content (AvgIpc) is 3.70. The first-order valence-electron chi connectivity index (χ1n) is 18.4. The van der Waals surface area contributed by atoms with Crippen molar-refractivity contribution in [3.05, 3.63) is 199 Å². The molecule has 0 radical (unpaired) electrons. The van der Waals surface area contributed by atoms with Gasteiger partial charge in [0, 0.05) is 36.8 Å². The Morgan fingerprint density at radius 2 is 0.981 bits per heavy atom. The van der Waals surface area contributed by atoms with E-state index >= 15 is 0 Å². The standard InChI is InChI=1S/C51H37NS/c1-51(2)44-27-13-11-22-39(44)42-26-16-29-46(50(42)51)52(36-31-32-48-43(33-36)40-23-12-14-30-47(40)53-48)45-28-15-25-38(35-19-7-4-8-20-35)49(45)41-24-10-9-21-37(41)34-17-5-3-6-18-34/h3-33H,1-2H3. The number of hydrogen-bond acceptors (Lipinski definition) is 2. The van der Waals surface area contributed by atoms with Gasteiger partial charge in [-0.1, -0.05) is 166 Å². The molecule has 0 fully saturated rings. The molecule has 8 aromatic carbocycles. The van der Waals surface area contributed by atoms with Crippen molar-refractivity contribution in [3.63, 3.8) is 0 Å². The van der Waals surface area contributed by atoms with Crippen LogP contribution in [-0.4, -0.2) is 0 Å². The Morgan fingerprint density at radius 3 is 1.75 bits per heavy atom. The maximum absolute atomic E-state index is 2.56. The molecular formula is C51H37NS. The molecule has 0 amide bonds. The molecule has 252 valence electrons. The van der Waals surface area contributed by atoms with Crippen LogP contribution in [0.25, 0.3) is 64.7 Å². The number of nitrogens with zero attached hydrogens (tertiary/aromatic N) is 1. The molecule has 9 aromatic rings. The molecule has 0 saturated heterocycles. The van der Waals surface area contributed by atoms with Crippen LogP contribution in [0.3, 0.4) is 0 Å². The molecule has 1 nitrogen and oxygen atoms in total. The van der Waals surface area contributed by atoms with Crippen molar-refractivity contribution in [2.24, 2.45) is 0 Å². The Bertz CT molecular complexity index is 2810. The summed E-state index contributed by atoms with van der Waals surface area (Å²) in [6.07, 6.45) is 0. The molecule has 0 atom stereocenters. The van der Waals surface area contributed by atoms with Gasteiger partial charge in [0.2, 0.25) is 0 Å².